The third-order valence-electron chi connectivity index (χ3n) is 2.35. The number of aromatic nitrogens is 2. The molecule has 0 unspecified atom stereocenters. The summed E-state index contributed by atoms with van der Waals surface area (Å²) in [5.74, 6) is 0. The molecule has 0 spiro atoms. The normalized spacial score (nSPS) is 10.8. The number of rotatable bonds is 4. The minimum absolute atomic E-state index is 0.686. The fourth-order valence-corrected chi connectivity index (χ4v) is 2.74. The van der Waals surface area contributed by atoms with Crippen LogP contribution in [0, 0.1) is 6.92 Å². The number of aryl methyl sites for hydroxylation is 2. The van der Waals surface area contributed by atoms with Crippen molar-refractivity contribution < 1.29 is 0 Å². The van der Waals surface area contributed by atoms with Gasteiger partial charge in [0.05, 0.1) is 0 Å². The Balaban J connectivity index is 2.24. The maximum Gasteiger partial charge on any atom is 0.147 e. The van der Waals surface area contributed by atoms with Crippen LogP contribution in [0.1, 0.15) is 17.0 Å². The molecule has 0 saturated heterocycles. The summed E-state index contributed by atoms with van der Waals surface area (Å²) in [5.41, 5.74) is 7.64. The van der Waals surface area contributed by atoms with Gasteiger partial charge < -0.3 is 5.73 Å². The second-order valence-corrected chi connectivity index (χ2v) is 5.41. The molecular formula is C12H14ClN3S. The topological polar surface area (TPSA) is 51.8 Å². The molecule has 2 aromatic rings. The van der Waals surface area contributed by atoms with E-state index in [4.69, 9.17) is 17.3 Å². The Labute approximate surface area is 110 Å². The molecule has 0 fully saturated rings. The van der Waals surface area contributed by atoms with E-state index in [2.05, 4.69) is 16.3 Å². The van der Waals surface area contributed by atoms with Crippen LogP contribution >= 0.6 is 22.9 Å². The maximum absolute atomic E-state index is 6.03. The van der Waals surface area contributed by atoms with E-state index in [1.807, 2.05) is 19.1 Å². The van der Waals surface area contributed by atoms with Gasteiger partial charge in [0.25, 0.3) is 0 Å². The fraction of sp³-hybridized carbons (Fsp3) is 0.333. The standard InChI is InChI=1S/C12H14ClN3S/c1-8-5-9(7-10(13)6-8)12-16-15-11(17-12)3-2-4-14/h5-7H,2-4,14H2,1H3. The van der Waals surface area contributed by atoms with Crippen molar-refractivity contribution >= 4 is 22.9 Å². The van der Waals surface area contributed by atoms with Gasteiger partial charge in [0.15, 0.2) is 0 Å². The Kier molecular flexibility index (Phi) is 4.10. The molecule has 90 valence electrons. The van der Waals surface area contributed by atoms with Crippen molar-refractivity contribution in [1.82, 2.24) is 10.2 Å². The second-order valence-electron chi connectivity index (χ2n) is 3.91. The summed E-state index contributed by atoms with van der Waals surface area (Å²) in [5, 5.41) is 11.0. The van der Waals surface area contributed by atoms with Crippen molar-refractivity contribution in [3.05, 3.63) is 33.8 Å². The first-order valence-corrected chi connectivity index (χ1v) is 6.68. The molecule has 0 bridgehead atoms. The smallest absolute Gasteiger partial charge is 0.147 e. The molecule has 1 aromatic heterocycles. The molecule has 1 heterocycles. The summed E-state index contributed by atoms with van der Waals surface area (Å²) in [4.78, 5) is 0. The van der Waals surface area contributed by atoms with E-state index in [0.717, 1.165) is 39.0 Å². The SMILES string of the molecule is Cc1cc(Cl)cc(-c2nnc(CCCN)s2)c1. The predicted molar refractivity (Wildman–Crippen MR) is 72.5 cm³/mol. The van der Waals surface area contributed by atoms with Crippen LogP contribution in [0.15, 0.2) is 18.2 Å². The molecule has 0 aliphatic carbocycles. The number of nitrogens with zero attached hydrogens (tertiary/aromatic N) is 2. The number of hydrogen-bond donors (Lipinski definition) is 1. The quantitative estimate of drug-likeness (QED) is 0.926. The Bertz CT molecular complexity index is 490. The van der Waals surface area contributed by atoms with Gasteiger partial charge in [-0.05, 0) is 43.7 Å². The van der Waals surface area contributed by atoms with Crippen molar-refractivity contribution in [3.8, 4) is 10.6 Å². The van der Waals surface area contributed by atoms with Gasteiger partial charge in [-0.2, -0.15) is 0 Å². The van der Waals surface area contributed by atoms with Crippen molar-refractivity contribution in [2.75, 3.05) is 6.54 Å². The fourth-order valence-electron chi connectivity index (χ4n) is 1.58. The Morgan fingerprint density at radius 3 is 2.82 bits per heavy atom. The van der Waals surface area contributed by atoms with Gasteiger partial charge in [-0.3, -0.25) is 0 Å². The maximum atomic E-state index is 6.03. The molecule has 17 heavy (non-hydrogen) atoms. The molecule has 2 rings (SSSR count). The van der Waals surface area contributed by atoms with Crippen molar-refractivity contribution in [3.63, 3.8) is 0 Å². The van der Waals surface area contributed by atoms with Gasteiger partial charge in [0, 0.05) is 17.0 Å². The molecule has 0 aliphatic rings. The van der Waals surface area contributed by atoms with Crippen molar-refractivity contribution in [2.45, 2.75) is 19.8 Å². The van der Waals surface area contributed by atoms with Crippen LogP contribution in [0.4, 0.5) is 0 Å². The monoisotopic (exact) mass is 267 g/mol. The summed E-state index contributed by atoms with van der Waals surface area (Å²) in [6.45, 7) is 2.71. The summed E-state index contributed by atoms with van der Waals surface area (Å²) in [6.07, 6.45) is 1.84. The Morgan fingerprint density at radius 2 is 2.12 bits per heavy atom. The molecule has 0 amide bonds. The number of hydrogen-bond acceptors (Lipinski definition) is 4. The van der Waals surface area contributed by atoms with Gasteiger partial charge in [-0.25, -0.2) is 0 Å². The molecular weight excluding hydrogens is 254 g/mol. The van der Waals surface area contributed by atoms with E-state index in [1.165, 1.54) is 0 Å². The first kappa shape index (κ1) is 12.5. The molecule has 1 aromatic carbocycles. The molecule has 3 nitrogen and oxygen atoms in total. The lowest BCUT2D eigenvalue weighted by Crippen LogP contribution is -1.99. The van der Waals surface area contributed by atoms with Crippen LogP contribution in [0.25, 0.3) is 10.6 Å². The number of halogens is 1. The van der Waals surface area contributed by atoms with Crippen molar-refractivity contribution in [2.24, 2.45) is 5.73 Å². The zero-order chi connectivity index (χ0) is 12.3. The average Bonchev–Trinajstić information content (AvgIpc) is 2.73. The highest BCUT2D eigenvalue weighted by molar-refractivity contribution is 7.14. The van der Waals surface area contributed by atoms with Gasteiger partial charge in [-0.15, -0.1) is 10.2 Å². The molecule has 2 N–H and O–H groups in total. The largest absolute Gasteiger partial charge is 0.330 e. The molecule has 0 saturated carbocycles. The lowest BCUT2D eigenvalue weighted by atomic mass is 10.1. The third kappa shape index (κ3) is 3.25. The van der Waals surface area contributed by atoms with E-state index in [-0.39, 0.29) is 0 Å². The molecule has 0 radical (unpaired) electrons. The first-order chi connectivity index (χ1) is 8.19. The Morgan fingerprint density at radius 1 is 1.29 bits per heavy atom. The summed E-state index contributed by atoms with van der Waals surface area (Å²) < 4.78 is 0. The van der Waals surface area contributed by atoms with Crippen LogP contribution in [0.3, 0.4) is 0 Å². The third-order valence-corrected chi connectivity index (χ3v) is 3.60. The minimum atomic E-state index is 0.686. The molecule has 0 aliphatic heterocycles. The van der Waals surface area contributed by atoms with E-state index >= 15 is 0 Å². The van der Waals surface area contributed by atoms with E-state index in [9.17, 15) is 0 Å². The van der Waals surface area contributed by atoms with Gasteiger partial charge in [0.2, 0.25) is 0 Å². The summed E-state index contributed by atoms with van der Waals surface area (Å²) in [7, 11) is 0. The van der Waals surface area contributed by atoms with Gasteiger partial charge in [0.1, 0.15) is 10.0 Å². The Hall–Kier alpha value is -0.970. The van der Waals surface area contributed by atoms with Gasteiger partial charge >= 0.3 is 0 Å². The summed E-state index contributed by atoms with van der Waals surface area (Å²) >= 11 is 7.64. The van der Waals surface area contributed by atoms with E-state index in [1.54, 1.807) is 11.3 Å². The van der Waals surface area contributed by atoms with Crippen LogP contribution in [0.5, 0.6) is 0 Å². The van der Waals surface area contributed by atoms with E-state index in [0.29, 0.717) is 6.54 Å². The molecule has 5 heteroatoms. The summed E-state index contributed by atoms with van der Waals surface area (Å²) in [6, 6.07) is 5.92. The first-order valence-electron chi connectivity index (χ1n) is 5.49. The van der Waals surface area contributed by atoms with Crippen molar-refractivity contribution in [1.29, 1.82) is 0 Å². The highest BCUT2D eigenvalue weighted by Gasteiger charge is 2.07. The van der Waals surface area contributed by atoms with Crippen LogP contribution in [-0.4, -0.2) is 16.7 Å². The van der Waals surface area contributed by atoms with Crippen LogP contribution < -0.4 is 5.73 Å². The highest BCUT2D eigenvalue weighted by Crippen LogP contribution is 2.27. The zero-order valence-corrected chi connectivity index (χ0v) is 11.2. The minimum Gasteiger partial charge on any atom is -0.330 e. The second kappa shape index (κ2) is 5.58. The lowest BCUT2D eigenvalue weighted by Gasteiger charge is -1.99. The van der Waals surface area contributed by atoms with Crippen LogP contribution in [-0.2, 0) is 6.42 Å². The highest BCUT2D eigenvalue weighted by atomic mass is 35.5. The van der Waals surface area contributed by atoms with Crippen LogP contribution in [0.2, 0.25) is 5.02 Å². The van der Waals surface area contributed by atoms with Gasteiger partial charge in [-0.1, -0.05) is 22.9 Å². The number of benzene rings is 1. The van der Waals surface area contributed by atoms with E-state index < -0.39 is 0 Å². The molecule has 0 atom stereocenters. The number of nitrogens with two attached hydrogens (primary N) is 1. The lowest BCUT2D eigenvalue weighted by molar-refractivity contribution is 0.812. The predicted octanol–water partition coefficient (Wildman–Crippen LogP) is 3.06. The average molecular weight is 268 g/mol. The zero-order valence-electron chi connectivity index (χ0n) is 9.61.